The zero-order valence-corrected chi connectivity index (χ0v) is 12.8. The third kappa shape index (κ3) is 3.17. The number of nitrogens with two attached hydrogens (primary N) is 1. The highest BCUT2D eigenvalue weighted by atomic mass is 35.5. The van der Waals surface area contributed by atoms with Crippen LogP contribution < -0.4 is 5.73 Å². The summed E-state index contributed by atoms with van der Waals surface area (Å²) in [6, 6.07) is 1.63. The molecule has 2 aromatic rings. The van der Waals surface area contributed by atoms with Crippen molar-refractivity contribution in [1.29, 1.82) is 0 Å². The molecular formula is C14H20ClN5. The van der Waals surface area contributed by atoms with E-state index in [0.29, 0.717) is 5.02 Å². The van der Waals surface area contributed by atoms with Gasteiger partial charge in [-0.3, -0.25) is 9.67 Å². The zero-order chi connectivity index (χ0) is 14.7. The summed E-state index contributed by atoms with van der Waals surface area (Å²) in [5.41, 5.74) is 9.28. The van der Waals surface area contributed by atoms with Crippen LogP contribution in [-0.4, -0.2) is 40.3 Å². The van der Waals surface area contributed by atoms with Crippen molar-refractivity contribution in [3.63, 3.8) is 0 Å². The van der Waals surface area contributed by atoms with Gasteiger partial charge in [0.2, 0.25) is 0 Å². The highest BCUT2D eigenvalue weighted by Gasteiger charge is 2.20. The summed E-state index contributed by atoms with van der Waals surface area (Å²) in [6.45, 7) is 3.65. The van der Waals surface area contributed by atoms with Crippen molar-refractivity contribution >= 4 is 11.6 Å². The molecule has 0 amide bonds. The van der Waals surface area contributed by atoms with E-state index >= 15 is 0 Å². The molecule has 0 saturated heterocycles. The summed E-state index contributed by atoms with van der Waals surface area (Å²) in [4.78, 5) is 6.25. The largest absolute Gasteiger partial charge is 0.319 e. The van der Waals surface area contributed by atoms with Gasteiger partial charge in [-0.1, -0.05) is 11.6 Å². The molecule has 0 saturated carbocycles. The molecule has 2 rings (SSSR count). The molecule has 0 bridgehead atoms. The Morgan fingerprint density at radius 1 is 1.40 bits per heavy atom. The van der Waals surface area contributed by atoms with E-state index in [2.05, 4.69) is 15.0 Å². The van der Waals surface area contributed by atoms with E-state index in [1.807, 2.05) is 31.8 Å². The van der Waals surface area contributed by atoms with Crippen molar-refractivity contribution in [2.45, 2.75) is 19.5 Å². The molecule has 0 aliphatic heterocycles. The Morgan fingerprint density at radius 3 is 2.80 bits per heavy atom. The minimum Gasteiger partial charge on any atom is -0.319 e. The maximum atomic E-state index is 6.37. The van der Waals surface area contributed by atoms with Gasteiger partial charge < -0.3 is 10.6 Å². The minimum atomic E-state index is -0.319. The molecule has 2 aromatic heterocycles. The number of aryl methyl sites for hydroxylation is 1. The van der Waals surface area contributed by atoms with E-state index in [-0.39, 0.29) is 6.04 Å². The second kappa shape index (κ2) is 6.35. The summed E-state index contributed by atoms with van der Waals surface area (Å²) in [6.07, 6.45) is 5.20. The molecule has 6 heteroatoms. The van der Waals surface area contributed by atoms with Gasteiger partial charge in [0, 0.05) is 18.9 Å². The Hall–Kier alpha value is -1.43. The Balaban J connectivity index is 2.32. The van der Waals surface area contributed by atoms with Crippen LogP contribution in [0.3, 0.4) is 0 Å². The fourth-order valence-corrected chi connectivity index (χ4v) is 2.36. The van der Waals surface area contributed by atoms with Crippen molar-refractivity contribution < 1.29 is 0 Å². The summed E-state index contributed by atoms with van der Waals surface area (Å²) in [7, 11) is 4.05. The molecule has 2 heterocycles. The summed E-state index contributed by atoms with van der Waals surface area (Å²) in [5.74, 6) is 0. The average molecular weight is 294 g/mol. The lowest BCUT2D eigenvalue weighted by atomic mass is 10.0. The van der Waals surface area contributed by atoms with Crippen LogP contribution in [0.5, 0.6) is 0 Å². The molecule has 1 atom stereocenters. The molecule has 5 nitrogen and oxygen atoms in total. The Labute approximate surface area is 124 Å². The molecule has 0 fully saturated rings. The van der Waals surface area contributed by atoms with E-state index in [1.165, 1.54) is 0 Å². The number of nitrogens with zero attached hydrogens (tertiary/aromatic N) is 4. The van der Waals surface area contributed by atoms with Crippen molar-refractivity contribution in [1.82, 2.24) is 19.7 Å². The summed E-state index contributed by atoms with van der Waals surface area (Å²) >= 11 is 6.26. The van der Waals surface area contributed by atoms with Crippen LogP contribution in [0.2, 0.25) is 5.02 Å². The maximum absolute atomic E-state index is 6.37. The predicted octanol–water partition coefficient (Wildman–Crippen LogP) is 1.85. The molecule has 0 aliphatic rings. The normalized spacial score (nSPS) is 12.9. The van der Waals surface area contributed by atoms with Gasteiger partial charge in [-0.2, -0.15) is 5.10 Å². The third-order valence-electron chi connectivity index (χ3n) is 3.30. The van der Waals surface area contributed by atoms with Gasteiger partial charge in [0.25, 0.3) is 0 Å². The molecule has 20 heavy (non-hydrogen) atoms. The van der Waals surface area contributed by atoms with Gasteiger partial charge in [0.15, 0.2) is 0 Å². The first-order chi connectivity index (χ1) is 9.50. The third-order valence-corrected chi connectivity index (χ3v) is 3.59. The fourth-order valence-electron chi connectivity index (χ4n) is 2.10. The van der Waals surface area contributed by atoms with Crippen molar-refractivity contribution in [2.75, 3.05) is 20.6 Å². The second-order valence-electron chi connectivity index (χ2n) is 5.11. The quantitative estimate of drug-likeness (QED) is 0.914. The highest BCUT2D eigenvalue weighted by Crippen LogP contribution is 2.27. The minimum absolute atomic E-state index is 0.319. The standard InChI is InChI=1S/C14H20ClN5/c1-10-4-5-17-8-11(10)13(16)14-12(15)9-18-20(14)7-6-19(2)3/h4-5,8-9,13H,6-7,16H2,1-3H3. The highest BCUT2D eigenvalue weighted by molar-refractivity contribution is 6.31. The molecule has 0 aromatic carbocycles. The Morgan fingerprint density at radius 2 is 2.15 bits per heavy atom. The molecule has 0 aliphatic carbocycles. The second-order valence-corrected chi connectivity index (χ2v) is 5.52. The summed E-state index contributed by atoms with van der Waals surface area (Å²) in [5, 5.41) is 4.92. The first kappa shape index (κ1) is 15.0. The number of hydrogen-bond donors (Lipinski definition) is 1. The average Bonchev–Trinajstić information content (AvgIpc) is 2.77. The van der Waals surface area contributed by atoms with E-state index in [9.17, 15) is 0 Å². The lowest BCUT2D eigenvalue weighted by Crippen LogP contribution is -2.24. The topological polar surface area (TPSA) is 60.0 Å². The number of rotatable bonds is 5. The Bertz CT molecular complexity index is 579. The smallest absolute Gasteiger partial charge is 0.0837 e. The lowest BCUT2D eigenvalue weighted by molar-refractivity contribution is 0.368. The molecule has 2 N–H and O–H groups in total. The number of hydrogen-bond acceptors (Lipinski definition) is 4. The SMILES string of the molecule is Cc1ccncc1C(N)c1c(Cl)cnn1CCN(C)C. The zero-order valence-electron chi connectivity index (χ0n) is 12.0. The molecule has 0 radical (unpaired) electrons. The number of pyridine rings is 1. The molecule has 0 spiro atoms. The molecule has 1 unspecified atom stereocenters. The summed E-state index contributed by atoms with van der Waals surface area (Å²) < 4.78 is 1.87. The van der Waals surface area contributed by atoms with Gasteiger partial charge >= 0.3 is 0 Å². The van der Waals surface area contributed by atoms with Crippen molar-refractivity contribution in [2.24, 2.45) is 5.73 Å². The van der Waals surface area contributed by atoms with Gasteiger partial charge in [-0.05, 0) is 38.2 Å². The van der Waals surface area contributed by atoms with E-state index in [4.69, 9.17) is 17.3 Å². The molecular weight excluding hydrogens is 274 g/mol. The monoisotopic (exact) mass is 293 g/mol. The van der Waals surface area contributed by atoms with Gasteiger partial charge in [0.05, 0.1) is 29.5 Å². The van der Waals surface area contributed by atoms with Crippen LogP contribution in [0.4, 0.5) is 0 Å². The van der Waals surface area contributed by atoms with Crippen molar-refractivity contribution in [3.05, 3.63) is 46.5 Å². The van der Waals surface area contributed by atoms with Gasteiger partial charge in [-0.25, -0.2) is 0 Å². The molecule has 108 valence electrons. The van der Waals surface area contributed by atoms with Crippen molar-refractivity contribution in [3.8, 4) is 0 Å². The van der Waals surface area contributed by atoms with E-state index in [1.54, 1.807) is 18.6 Å². The van der Waals surface area contributed by atoms with Gasteiger partial charge in [-0.15, -0.1) is 0 Å². The van der Waals surface area contributed by atoms with Crippen LogP contribution in [0.25, 0.3) is 0 Å². The first-order valence-corrected chi connectivity index (χ1v) is 6.90. The van der Waals surface area contributed by atoms with Crippen LogP contribution in [0.15, 0.2) is 24.7 Å². The fraction of sp³-hybridized carbons (Fsp3) is 0.429. The maximum Gasteiger partial charge on any atom is 0.0837 e. The van der Waals surface area contributed by atoms with E-state index < -0.39 is 0 Å². The van der Waals surface area contributed by atoms with Crippen LogP contribution in [0, 0.1) is 6.92 Å². The number of likely N-dealkylation sites (N-methyl/N-ethyl adjacent to an activating group) is 1. The van der Waals surface area contributed by atoms with E-state index in [0.717, 1.165) is 29.9 Å². The Kier molecular flexibility index (Phi) is 4.75. The number of aromatic nitrogens is 3. The predicted molar refractivity (Wildman–Crippen MR) is 80.8 cm³/mol. The van der Waals surface area contributed by atoms with Crippen LogP contribution in [-0.2, 0) is 6.54 Å². The van der Waals surface area contributed by atoms with Crippen LogP contribution in [0.1, 0.15) is 22.9 Å². The number of halogens is 1. The van der Waals surface area contributed by atoms with Gasteiger partial charge in [0.1, 0.15) is 0 Å². The first-order valence-electron chi connectivity index (χ1n) is 6.52. The lowest BCUT2D eigenvalue weighted by Gasteiger charge is -2.18. The van der Waals surface area contributed by atoms with Crippen LogP contribution >= 0.6 is 11.6 Å².